The first kappa shape index (κ1) is 18.8. The molecular formula is C18H22N2O4S. The topological polar surface area (TPSA) is 109 Å². The van der Waals surface area contributed by atoms with Gasteiger partial charge >= 0.3 is 5.97 Å². The van der Waals surface area contributed by atoms with Crippen LogP contribution < -0.4 is 11.1 Å². The predicted octanol–water partition coefficient (Wildman–Crippen LogP) is 3.01. The van der Waals surface area contributed by atoms with Crippen molar-refractivity contribution < 1.29 is 18.3 Å². The van der Waals surface area contributed by atoms with Gasteiger partial charge in [-0.05, 0) is 60.9 Å². The van der Waals surface area contributed by atoms with Crippen molar-refractivity contribution in [1.29, 1.82) is 0 Å². The van der Waals surface area contributed by atoms with Crippen LogP contribution in [0.1, 0.15) is 20.3 Å². The first-order chi connectivity index (χ1) is 11.7. The Morgan fingerprint density at radius 2 is 1.52 bits per heavy atom. The van der Waals surface area contributed by atoms with Crippen LogP contribution in [0.5, 0.6) is 0 Å². The second-order valence-corrected chi connectivity index (χ2v) is 8.21. The number of rotatable bonds is 7. The molecule has 0 radical (unpaired) electrons. The monoisotopic (exact) mass is 362 g/mol. The largest absolute Gasteiger partial charge is 0.480 e. The number of nitrogen functional groups attached to an aromatic ring is 1. The highest BCUT2D eigenvalue weighted by molar-refractivity contribution is 7.91. The fourth-order valence-corrected chi connectivity index (χ4v) is 3.67. The highest BCUT2D eigenvalue weighted by Gasteiger charge is 2.20. The summed E-state index contributed by atoms with van der Waals surface area (Å²) in [5, 5.41) is 12.2. The normalized spacial score (nSPS) is 12.8. The van der Waals surface area contributed by atoms with Gasteiger partial charge in [0.15, 0.2) is 0 Å². The lowest BCUT2D eigenvalue weighted by molar-refractivity contribution is -0.138. The summed E-state index contributed by atoms with van der Waals surface area (Å²) in [5.41, 5.74) is 6.63. The Morgan fingerprint density at radius 3 is 1.96 bits per heavy atom. The second kappa shape index (κ2) is 7.57. The molecule has 0 aliphatic heterocycles. The average molecular weight is 362 g/mol. The van der Waals surface area contributed by atoms with E-state index >= 15 is 0 Å². The van der Waals surface area contributed by atoms with Crippen molar-refractivity contribution in [1.82, 2.24) is 0 Å². The number of carboxylic acids is 1. The Morgan fingerprint density at radius 1 is 1.04 bits per heavy atom. The molecule has 0 heterocycles. The molecule has 0 aromatic heterocycles. The van der Waals surface area contributed by atoms with Crippen LogP contribution in [0.15, 0.2) is 58.3 Å². The van der Waals surface area contributed by atoms with Gasteiger partial charge in [0.2, 0.25) is 9.84 Å². The summed E-state index contributed by atoms with van der Waals surface area (Å²) >= 11 is 0. The zero-order valence-electron chi connectivity index (χ0n) is 14.1. The highest BCUT2D eigenvalue weighted by atomic mass is 32.2. The minimum atomic E-state index is -3.64. The summed E-state index contributed by atoms with van der Waals surface area (Å²) < 4.78 is 25.2. The number of anilines is 2. The molecule has 0 aliphatic carbocycles. The van der Waals surface area contributed by atoms with Crippen LogP contribution in [0.3, 0.4) is 0 Å². The zero-order valence-corrected chi connectivity index (χ0v) is 15.0. The van der Waals surface area contributed by atoms with E-state index in [1.165, 1.54) is 36.4 Å². The van der Waals surface area contributed by atoms with Crippen LogP contribution in [0.25, 0.3) is 0 Å². The molecule has 6 nitrogen and oxygen atoms in total. The lowest BCUT2D eigenvalue weighted by Gasteiger charge is -2.17. The Balaban J connectivity index is 2.21. The van der Waals surface area contributed by atoms with Gasteiger partial charge in [-0.2, -0.15) is 0 Å². The van der Waals surface area contributed by atoms with Crippen molar-refractivity contribution in [3.8, 4) is 0 Å². The fraction of sp³-hybridized carbons (Fsp3) is 0.278. The molecule has 0 fully saturated rings. The molecule has 2 aromatic rings. The SMILES string of the molecule is CC(C)C[C@H](Nc1ccc(S(=O)(=O)c2ccc(N)cc2)cc1)C(=O)O. The number of aliphatic carboxylic acids is 1. The third-order valence-electron chi connectivity index (χ3n) is 3.70. The molecule has 0 saturated carbocycles. The van der Waals surface area contributed by atoms with Gasteiger partial charge in [-0.1, -0.05) is 13.8 Å². The van der Waals surface area contributed by atoms with Gasteiger partial charge in [0.05, 0.1) is 9.79 Å². The Labute approximate surface area is 147 Å². The number of nitrogens with one attached hydrogen (secondary N) is 1. The van der Waals surface area contributed by atoms with Crippen LogP contribution in [-0.4, -0.2) is 25.5 Å². The van der Waals surface area contributed by atoms with Gasteiger partial charge in [-0.3, -0.25) is 0 Å². The van der Waals surface area contributed by atoms with Crippen molar-refractivity contribution in [2.75, 3.05) is 11.1 Å². The molecule has 7 heteroatoms. The summed E-state index contributed by atoms with van der Waals surface area (Å²) in [4.78, 5) is 11.6. The molecule has 0 spiro atoms. The number of nitrogens with two attached hydrogens (primary N) is 1. The van der Waals surface area contributed by atoms with Crippen molar-refractivity contribution in [2.24, 2.45) is 5.92 Å². The van der Waals surface area contributed by atoms with E-state index < -0.39 is 21.8 Å². The summed E-state index contributed by atoms with van der Waals surface area (Å²) in [7, 11) is -3.64. The van der Waals surface area contributed by atoms with Crippen molar-refractivity contribution in [3.63, 3.8) is 0 Å². The predicted molar refractivity (Wildman–Crippen MR) is 97.2 cm³/mol. The third kappa shape index (κ3) is 4.73. The third-order valence-corrected chi connectivity index (χ3v) is 5.49. The van der Waals surface area contributed by atoms with Gasteiger partial charge in [-0.15, -0.1) is 0 Å². The molecule has 0 aliphatic rings. The van der Waals surface area contributed by atoms with E-state index in [0.29, 0.717) is 17.8 Å². The van der Waals surface area contributed by atoms with E-state index in [2.05, 4.69) is 5.32 Å². The number of hydrogen-bond donors (Lipinski definition) is 3. The van der Waals surface area contributed by atoms with Crippen molar-refractivity contribution in [3.05, 3.63) is 48.5 Å². The minimum Gasteiger partial charge on any atom is -0.480 e. The van der Waals surface area contributed by atoms with Crippen molar-refractivity contribution in [2.45, 2.75) is 36.1 Å². The number of carboxylic acid groups (broad SMARTS) is 1. The summed E-state index contributed by atoms with van der Waals surface area (Å²) in [6.07, 6.45) is 0.473. The van der Waals surface area contributed by atoms with Crippen molar-refractivity contribution >= 4 is 27.2 Å². The molecule has 0 saturated heterocycles. The quantitative estimate of drug-likeness (QED) is 0.653. The molecule has 0 bridgehead atoms. The van der Waals surface area contributed by atoms with E-state index in [1.807, 2.05) is 13.8 Å². The van der Waals surface area contributed by atoms with E-state index in [-0.39, 0.29) is 15.7 Å². The average Bonchev–Trinajstić information content (AvgIpc) is 2.54. The molecule has 0 amide bonds. The fourth-order valence-electron chi connectivity index (χ4n) is 2.41. The van der Waals surface area contributed by atoms with Gasteiger partial charge in [-0.25, -0.2) is 13.2 Å². The van der Waals surface area contributed by atoms with E-state index in [4.69, 9.17) is 5.73 Å². The van der Waals surface area contributed by atoms with E-state index in [1.54, 1.807) is 12.1 Å². The number of benzene rings is 2. The minimum absolute atomic E-state index is 0.138. The van der Waals surface area contributed by atoms with Crippen LogP contribution in [0, 0.1) is 5.92 Å². The molecule has 4 N–H and O–H groups in total. The maximum absolute atomic E-state index is 12.6. The molecule has 2 aromatic carbocycles. The maximum atomic E-state index is 12.6. The molecule has 2 rings (SSSR count). The molecule has 1 atom stereocenters. The van der Waals surface area contributed by atoms with Crippen LogP contribution >= 0.6 is 0 Å². The Kier molecular flexibility index (Phi) is 5.69. The number of carbonyl (C=O) groups is 1. The lowest BCUT2D eigenvalue weighted by atomic mass is 10.0. The second-order valence-electron chi connectivity index (χ2n) is 6.26. The van der Waals surface area contributed by atoms with Gasteiger partial charge in [0, 0.05) is 11.4 Å². The Bertz CT molecular complexity index is 828. The standard InChI is InChI=1S/C18H22N2O4S/c1-12(2)11-17(18(21)22)20-14-5-9-16(10-6-14)25(23,24)15-7-3-13(19)4-8-15/h3-10,12,17,20H,11,19H2,1-2H3,(H,21,22)/t17-/m0/s1. The molecular weight excluding hydrogens is 340 g/mol. The zero-order chi connectivity index (χ0) is 18.6. The highest BCUT2D eigenvalue weighted by Crippen LogP contribution is 2.23. The smallest absolute Gasteiger partial charge is 0.326 e. The number of hydrogen-bond acceptors (Lipinski definition) is 5. The van der Waals surface area contributed by atoms with Crippen LogP contribution in [0.2, 0.25) is 0 Å². The van der Waals surface area contributed by atoms with E-state index in [0.717, 1.165) is 0 Å². The first-order valence-electron chi connectivity index (χ1n) is 7.90. The van der Waals surface area contributed by atoms with E-state index in [9.17, 15) is 18.3 Å². The summed E-state index contributed by atoms with van der Waals surface area (Å²) in [6.45, 7) is 3.89. The van der Waals surface area contributed by atoms with Gasteiger partial charge in [0.1, 0.15) is 6.04 Å². The van der Waals surface area contributed by atoms with Crippen LogP contribution in [-0.2, 0) is 14.6 Å². The molecule has 0 unspecified atom stereocenters. The van der Waals surface area contributed by atoms with Gasteiger partial charge in [0.25, 0.3) is 0 Å². The summed E-state index contributed by atoms with van der Waals surface area (Å²) in [5.74, 6) is -0.717. The lowest BCUT2D eigenvalue weighted by Crippen LogP contribution is -2.30. The maximum Gasteiger partial charge on any atom is 0.326 e. The Hall–Kier alpha value is -2.54. The molecule has 25 heavy (non-hydrogen) atoms. The summed E-state index contributed by atoms with van der Waals surface area (Å²) in [6, 6.07) is 11.3. The first-order valence-corrected chi connectivity index (χ1v) is 9.38. The molecule has 134 valence electrons. The number of sulfone groups is 1. The van der Waals surface area contributed by atoms with Crippen LogP contribution in [0.4, 0.5) is 11.4 Å². The van der Waals surface area contributed by atoms with Gasteiger partial charge < -0.3 is 16.2 Å².